The third-order valence-corrected chi connectivity index (χ3v) is 0.348. The SMILES string of the molecule is CCOC(C)=O.[CaH2]. The zero-order chi connectivity index (χ0) is 4.99. The summed E-state index contributed by atoms with van der Waals surface area (Å²) in [5.74, 6) is -0.211. The Kier molecular flexibility index (Phi) is 10.3. The third kappa shape index (κ3) is 10.8. The van der Waals surface area contributed by atoms with Crippen molar-refractivity contribution in [1.82, 2.24) is 0 Å². The molecule has 0 rings (SSSR count). The fraction of sp³-hybridized carbons (Fsp3) is 0.750. The molecule has 0 aliphatic rings. The van der Waals surface area contributed by atoms with Gasteiger partial charge in [-0.1, -0.05) is 0 Å². The van der Waals surface area contributed by atoms with Crippen LogP contribution in [0.3, 0.4) is 0 Å². The van der Waals surface area contributed by atoms with E-state index in [0.29, 0.717) is 6.61 Å². The molecule has 0 spiro atoms. The van der Waals surface area contributed by atoms with E-state index in [1.54, 1.807) is 6.92 Å². The minimum absolute atomic E-state index is 0. The molecule has 0 amide bonds. The molecule has 2 nitrogen and oxygen atoms in total. The topological polar surface area (TPSA) is 26.3 Å². The first-order valence-corrected chi connectivity index (χ1v) is 1.90. The van der Waals surface area contributed by atoms with E-state index in [2.05, 4.69) is 4.74 Å². The van der Waals surface area contributed by atoms with E-state index >= 15 is 0 Å². The first-order valence-electron chi connectivity index (χ1n) is 1.90. The second kappa shape index (κ2) is 6.73. The maximum absolute atomic E-state index is 9.82. The fourth-order valence-electron chi connectivity index (χ4n) is 0.203. The van der Waals surface area contributed by atoms with Gasteiger partial charge in [-0.05, 0) is 6.92 Å². The van der Waals surface area contributed by atoms with Gasteiger partial charge in [0, 0.05) is 6.92 Å². The van der Waals surface area contributed by atoms with Gasteiger partial charge in [-0.15, -0.1) is 0 Å². The van der Waals surface area contributed by atoms with Crippen molar-refractivity contribution in [1.29, 1.82) is 0 Å². The summed E-state index contributed by atoms with van der Waals surface area (Å²) in [5.41, 5.74) is 0. The van der Waals surface area contributed by atoms with Gasteiger partial charge in [0.25, 0.3) is 0 Å². The molecule has 0 aromatic rings. The van der Waals surface area contributed by atoms with Crippen molar-refractivity contribution in [2.24, 2.45) is 0 Å². The van der Waals surface area contributed by atoms with Crippen LogP contribution >= 0.6 is 0 Å². The molecule has 0 aliphatic carbocycles. The Balaban J connectivity index is 0. The number of hydrogen-bond donors (Lipinski definition) is 0. The molecule has 0 aromatic heterocycles. The summed E-state index contributed by atoms with van der Waals surface area (Å²) >= 11 is 0. The first kappa shape index (κ1) is 10.7. The van der Waals surface area contributed by atoms with Gasteiger partial charge in [0.15, 0.2) is 0 Å². The average molecular weight is 130 g/mol. The second-order valence-corrected chi connectivity index (χ2v) is 0.925. The van der Waals surface area contributed by atoms with Crippen LogP contribution in [0.15, 0.2) is 0 Å². The molecule has 0 radical (unpaired) electrons. The van der Waals surface area contributed by atoms with E-state index in [4.69, 9.17) is 0 Å². The van der Waals surface area contributed by atoms with Gasteiger partial charge >= 0.3 is 43.7 Å². The standard InChI is InChI=1S/C4H8O2.Ca.2H/c1-3-6-4(2)5;;;/h3H2,1-2H3;;;. The molecular weight excluding hydrogens is 120 g/mol. The molecule has 0 N–H and O–H groups in total. The summed E-state index contributed by atoms with van der Waals surface area (Å²) in [6.07, 6.45) is 0. The van der Waals surface area contributed by atoms with Crippen molar-refractivity contribution >= 4 is 43.7 Å². The molecule has 0 aliphatic heterocycles. The van der Waals surface area contributed by atoms with E-state index in [0.717, 1.165) is 0 Å². The molecule has 3 heteroatoms. The van der Waals surface area contributed by atoms with Gasteiger partial charge in [-0.3, -0.25) is 4.79 Å². The van der Waals surface area contributed by atoms with Crippen molar-refractivity contribution in [3.05, 3.63) is 0 Å². The van der Waals surface area contributed by atoms with Crippen LogP contribution < -0.4 is 0 Å². The Hall–Kier alpha value is 0.730. The fourth-order valence-corrected chi connectivity index (χ4v) is 0.203. The molecule has 40 valence electrons. The molecule has 0 fully saturated rings. The molecule has 0 saturated carbocycles. The molecule has 0 bridgehead atoms. The third-order valence-electron chi connectivity index (χ3n) is 0.348. The van der Waals surface area contributed by atoms with Crippen molar-refractivity contribution < 1.29 is 9.53 Å². The van der Waals surface area contributed by atoms with E-state index in [9.17, 15) is 4.79 Å². The van der Waals surface area contributed by atoms with Crippen LogP contribution in [0.25, 0.3) is 0 Å². The molecule has 0 unspecified atom stereocenters. The normalized spacial score (nSPS) is 6.57. The van der Waals surface area contributed by atoms with Crippen LogP contribution in [0.5, 0.6) is 0 Å². The Morgan fingerprint density at radius 2 is 2.14 bits per heavy atom. The Labute approximate surface area is 73.2 Å². The zero-order valence-electron chi connectivity index (χ0n) is 4.02. The van der Waals surface area contributed by atoms with E-state index in [1.807, 2.05) is 0 Å². The predicted molar refractivity (Wildman–Crippen MR) is 30.9 cm³/mol. The van der Waals surface area contributed by atoms with E-state index < -0.39 is 0 Å². The summed E-state index contributed by atoms with van der Waals surface area (Å²) < 4.78 is 4.40. The summed E-state index contributed by atoms with van der Waals surface area (Å²) in [5, 5.41) is 0. The van der Waals surface area contributed by atoms with E-state index in [1.165, 1.54) is 6.92 Å². The van der Waals surface area contributed by atoms with Gasteiger partial charge in [-0.25, -0.2) is 0 Å². The summed E-state index contributed by atoms with van der Waals surface area (Å²) in [6, 6.07) is 0. The van der Waals surface area contributed by atoms with Gasteiger partial charge in [0.05, 0.1) is 6.61 Å². The Morgan fingerprint density at radius 3 is 2.14 bits per heavy atom. The molecule has 7 heavy (non-hydrogen) atoms. The second-order valence-electron chi connectivity index (χ2n) is 0.925. The first-order chi connectivity index (χ1) is 2.77. The molecule has 0 heterocycles. The van der Waals surface area contributed by atoms with Gasteiger partial charge in [0.2, 0.25) is 0 Å². The van der Waals surface area contributed by atoms with Gasteiger partial charge in [0.1, 0.15) is 0 Å². The predicted octanol–water partition coefficient (Wildman–Crippen LogP) is -0.347. The van der Waals surface area contributed by atoms with E-state index in [-0.39, 0.29) is 43.7 Å². The average Bonchev–Trinajstić information content (AvgIpc) is 1.35. The number of ether oxygens (including phenoxy) is 1. The van der Waals surface area contributed by atoms with Crippen molar-refractivity contribution in [3.8, 4) is 0 Å². The number of hydrogen-bond acceptors (Lipinski definition) is 2. The maximum atomic E-state index is 9.82. The molecule has 0 saturated heterocycles. The monoisotopic (exact) mass is 130 g/mol. The van der Waals surface area contributed by atoms with Crippen LogP contribution in [-0.4, -0.2) is 50.3 Å². The van der Waals surface area contributed by atoms with Gasteiger partial charge in [-0.2, -0.15) is 0 Å². The summed E-state index contributed by atoms with van der Waals surface area (Å²) in [7, 11) is 0. The summed E-state index contributed by atoms with van der Waals surface area (Å²) in [6.45, 7) is 3.65. The van der Waals surface area contributed by atoms with Crippen molar-refractivity contribution in [2.45, 2.75) is 13.8 Å². The minimum atomic E-state index is -0.211. The quantitative estimate of drug-likeness (QED) is 0.358. The molecule has 0 atom stereocenters. The van der Waals surface area contributed by atoms with Gasteiger partial charge < -0.3 is 4.74 Å². The molecule has 0 aromatic carbocycles. The Bertz CT molecular complexity index is 53.7. The van der Waals surface area contributed by atoms with Crippen LogP contribution in [0.1, 0.15) is 13.8 Å². The number of esters is 1. The number of carbonyl (C=O) groups is 1. The van der Waals surface area contributed by atoms with Crippen LogP contribution in [0.4, 0.5) is 0 Å². The Morgan fingerprint density at radius 1 is 1.71 bits per heavy atom. The zero-order valence-corrected chi connectivity index (χ0v) is 4.02. The van der Waals surface area contributed by atoms with Crippen LogP contribution in [-0.2, 0) is 9.53 Å². The van der Waals surface area contributed by atoms with Crippen LogP contribution in [0.2, 0.25) is 0 Å². The van der Waals surface area contributed by atoms with Crippen LogP contribution in [0, 0.1) is 0 Å². The number of carbonyl (C=O) groups excluding carboxylic acids is 1. The van der Waals surface area contributed by atoms with Crippen molar-refractivity contribution in [2.75, 3.05) is 6.61 Å². The molecular formula is C4H10CaO2. The summed E-state index contributed by atoms with van der Waals surface area (Å²) in [4.78, 5) is 9.82. The number of rotatable bonds is 1. The van der Waals surface area contributed by atoms with Crippen molar-refractivity contribution in [3.63, 3.8) is 0 Å².